The third-order valence-electron chi connectivity index (χ3n) is 5.26. The van der Waals surface area contributed by atoms with E-state index in [9.17, 15) is 4.79 Å². The van der Waals surface area contributed by atoms with Crippen molar-refractivity contribution < 1.29 is 14.3 Å². The van der Waals surface area contributed by atoms with E-state index in [1.165, 1.54) is 0 Å². The van der Waals surface area contributed by atoms with Gasteiger partial charge in [0.1, 0.15) is 16.9 Å². The van der Waals surface area contributed by atoms with Crippen molar-refractivity contribution in [2.45, 2.75) is 18.9 Å². The van der Waals surface area contributed by atoms with E-state index in [2.05, 4.69) is 5.32 Å². The first-order valence-electron chi connectivity index (χ1n) is 9.70. The molecular weight excluding hydrogens is 382 g/mol. The van der Waals surface area contributed by atoms with Crippen LogP contribution in [0.5, 0.6) is 11.5 Å². The quantitative estimate of drug-likeness (QED) is 0.531. The number of carbonyl (C=O) groups excluding carboxylic acids is 1. The second-order valence-electron chi connectivity index (χ2n) is 7.27. The Hall–Kier alpha value is -3.81. The first kappa shape index (κ1) is 18.2. The molecule has 0 atom stereocenters. The van der Waals surface area contributed by atoms with E-state index in [-0.39, 0.29) is 17.8 Å². The standard InChI is InChI=1S/C22H21N5O3/c1-29-16-10-9-13(11-17(16)30-2)27-20(23)18(22(28)24-12-7-8-12)19-21(27)26-15-6-4-3-5-14(15)25-19/h3-6,9-12H,7-8,23H2,1-2H3,(H,24,28). The van der Waals surface area contributed by atoms with Crippen molar-refractivity contribution >= 4 is 33.9 Å². The Bertz CT molecular complexity index is 1290. The summed E-state index contributed by atoms with van der Waals surface area (Å²) in [6.45, 7) is 0. The van der Waals surface area contributed by atoms with E-state index >= 15 is 0 Å². The molecule has 3 N–H and O–H groups in total. The average Bonchev–Trinajstić information content (AvgIpc) is 3.53. The van der Waals surface area contributed by atoms with Gasteiger partial charge in [-0.2, -0.15) is 0 Å². The molecule has 0 saturated heterocycles. The number of ether oxygens (including phenoxy) is 2. The van der Waals surface area contributed by atoms with Crippen LogP contribution >= 0.6 is 0 Å². The number of fused-ring (bicyclic) bond motifs is 2. The number of methoxy groups -OCH3 is 2. The summed E-state index contributed by atoms with van der Waals surface area (Å²) in [6, 6.07) is 13.2. The first-order chi connectivity index (χ1) is 14.6. The largest absolute Gasteiger partial charge is 0.493 e. The molecule has 2 heterocycles. The van der Waals surface area contributed by atoms with Gasteiger partial charge in [0.2, 0.25) is 0 Å². The summed E-state index contributed by atoms with van der Waals surface area (Å²) < 4.78 is 12.5. The van der Waals surface area contributed by atoms with Crippen molar-refractivity contribution in [2.24, 2.45) is 0 Å². The number of benzene rings is 2. The van der Waals surface area contributed by atoms with Crippen molar-refractivity contribution in [1.29, 1.82) is 0 Å². The van der Waals surface area contributed by atoms with Crippen LogP contribution in [0.15, 0.2) is 42.5 Å². The number of hydrogen-bond acceptors (Lipinski definition) is 6. The zero-order valence-corrected chi connectivity index (χ0v) is 16.7. The number of amides is 1. The predicted octanol–water partition coefficient (Wildman–Crippen LogP) is 3.07. The van der Waals surface area contributed by atoms with Gasteiger partial charge in [0, 0.05) is 12.1 Å². The highest BCUT2D eigenvalue weighted by molar-refractivity contribution is 6.11. The lowest BCUT2D eigenvalue weighted by molar-refractivity contribution is 0.0953. The van der Waals surface area contributed by atoms with Crippen molar-refractivity contribution in [3.05, 3.63) is 48.0 Å². The van der Waals surface area contributed by atoms with Crippen LogP contribution in [0.2, 0.25) is 0 Å². The maximum Gasteiger partial charge on any atom is 0.257 e. The van der Waals surface area contributed by atoms with Crippen molar-refractivity contribution in [1.82, 2.24) is 19.9 Å². The summed E-state index contributed by atoms with van der Waals surface area (Å²) in [6.07, 6.45) is 1.96. The van der Waals surface area contributed by atoms with Gasteiger partial charge < -0.3 is 20.5 Å². The molecule has 5 rings (SSSR count). The molecule has 2 aromatic carbocycles. The fourth-order valence-corrected chi connectivity index (χ4v) is 3.60. The van der Waals surface area contributed by atoms with Crippen LogP contribution in [0.3, 0.4) is 0 Å². The molecule has 0 bridgehead atoms. The summed E-state index contributed by atoms with van der Waals surface area (Å²) in [7, 11) is 3.15. The number of anilines is 1. The summed E-state index contributed by atoms with van der Waals surface area (Å²) in [5.74, 6) is 1.20. The van der Waals surface area contributed by atoms with Crippen LogP contribution in [-0.2, 0) is 0 Å². The van der Waals surface area contributed by atoms with Crippen molar-refractivity contribution in [3.8, 4) is 17.2 Å². The van der Waals surface area contributed by atoms with Crippen LogP contribution in [0.1, 0.15) is 23.2 Å². The number of para-hydroxylation sites is 2. The highest BCUT2D eigenvalue weighted by Crippen LogP contribution is 2.35. The molecule has 1 saturated carbocycles. The Kier molecular flexibility index (Phi) is 4.20. The highest BCUT2D eigenvalue weighted by Gasteiger charge is 2.29. The normalized spacial score (nSPS) is 13.5. The zero-order chi connectivity index (χ0) is 20.8. The van der Waals surface area contributed by atoms with Gasteiger partial charge in [-0.3, -0.25) is 9.36 Å². The maximum atomic E-state index is 13.0. The van der Waals surface area contributed by atoms with E-state index in [0.717, 1.165) is 18.4 Å². The van der Waals surface area contributed by atoms with E-state index in [0.29, 0.717) is 39.4 Å². The van der Waals surface area contributed by atoms with Crippen LogP contribution in [0.25, 0.3) is 27.9 Å². The predicted molar refractivity (Wildman–Crippen MR) is 114 cm³/mol. The average molecular weight is 403 g/mol. The Morgan fingerprint density at radius 2 is 1.77 bits per heavy atom. The minimum Gasteiger partial charge on any atom is -0.493 e. The molecule has 0 radical (unpaired) electrons. The smallest absolute Gasteiger partial charge is 0.257 e. The molecule has 0 aliphatic heterocycles. The molecule has 30 heavy (non-hydrogen) atoms. The van der Waals surface area contributed by atoms with E-state index < -0.39 is 0 Å². The molecule has 0 spiro atoms. The van der Waals surface area contributed by atoms with Crippen molar-refractivity contribution in [2.75, 3.05) is 20.0 Å². The number of rotatable bonds is 5. The number of hydrogen-bond donors (Lipinski definition) is 2. The number of carbonyl (C=O) groups is 1. The minimum atomic E-state index is -0.233. The second kappa shape index (κ2) is 6.91. The summed E-state index contributed by atoms with van der Waals surface area (Å²) in [5, 5.41) is 3.01. The number of aromatic nitrogens is 3. The van der Waals surface area contributed by atoms with Gasteiger partial charge in [0.15, 0.2) is 17.1 Å². The van der Waals surface area contributed by atoms with Gasteiger partial charge in [0.05, 0.1) is 30.9 Å². The van der Waals surface area contributed by atoms with E-state index in [4.69, 9.17) is 25.2 Å². The summed E-state index contributed by atoms with van der Waals surface area (Å²) in [4.78, 5) is 22.5. The molecule has 8 nitrogen and oxygen atoms in total. The van der Waals surface area contributed by atoms with Gasteiger partial charge in [-0.25, -0.2) is 9.97 Å². The van der Waals surface area contributed by atoms with Gasteiger partial charge in [-0.05, 0) is 37.1 Å². The topological polar surface area (TPSA) is 104 Å². The molecular formula is C22H21N5O3. The summed E-state index contributed by atoms with van der Waals surface area (Å²) >= 11 is 0. The van der Waals surface area contributed by atoms with E-state index in [1.54, 1.807) is 30.9 Å². The molecule has 8 heteroatoms. The summed E-state index contributed by atoms with van der Waals surface area (Å²) in [5.41, 5.74) is 9.97. The van der Waals surface area contributed by atoms with Crippen molar-refractivity contribution in [3.63, 3.8) is 0 Å². The minimum absolute atomic E-state index is 0.199. The molecule has 1 amide bonds. The number of nitrogens with one attached hydrogen (secondary N) is 1. The third kappa shape index (κ3) is 2.88. The molecule has 4 aromatic rings. The maximum absolute atomic E-state index is 13.0. The molecule has 1 aliphatic carbocycles. The number of nitrogens with two attached hydrogens (primary N) is 1. The van der Waals surface area contributed by atoms with Gasteiger partial charge in [-0.1, -0.05) is 12.1 Å². The van der Waals surface area contributed by atoms with Gasteiger partial charge in [0.25, 0.3) is 5.91 Å². The zero-order valence-electron chi connectivity index (χ0n) is 16.7. The number of nitrogen functional groups attached to an aromatic ring is 1. The van der Waals surface area contributed by atoms with Crippen LogP contribution in [0, 0.1) is 0 Å². The number of nitrogens with zero attached hydrogens (tertiary/aromatic N) is 3. The third-order valence-corrected chi connectivity index (χ3v) is 5.26. The highest BCUT2D eigenvalue weighted by atomic mass is 16.5. The Labute approximate surface area is 172 Å². The Balaban J connectivity index is 1.79. The molecule has 1 aliphatic rings. The first-order valence-corrected chi connectivity index (χ1v) is 9.70. The van der Waals surface area contributed by atoms with Crippen LogP contribution in [-0.4, -0.2) is 40.7 Å². The lowest BCUT2D eigenvalue weighted by Gasteiger charge is -2.12. The van der Waals surface area contributed by atoms with Gasteiger partial charge >= 0.3 is 0 Å². The Morgan fingerprint density at radius 3 is 2.43 bits per heavy atom. The van der Waals surface area contributed by atoms with E-state index in [1.807, 2.05) is 30.3 Å². The molecule has 152 valence electrons. The SMILES string of the molecule is COc1ccc(-n2c(N)c(C(=O)NC3CC3)c3nc4ccccc4nc32)cc1OC. The Morgan fingerprint density at radius 1 is 1.07 bits per heavy atom. The van der Waals surface area contributed by atoms with Crippen LogP contribution < -0.4 is 20.5 Å². The lowest BCUT2D eigenvalue weighted by atomic mass is 10.2. The molecule has 0 unspecified atom stereocenters. The molecule has 2 aromatic heterocycles. The lowest BCUT2D eigenvalue weighted by Crippen LogP contribution is -2.26. The second-order valence-corrected chi connectivity index (χ2v) is 7.27. The van der Waals surface area contributed by atoms with Crippen LogP contribution in [0.4, 0.5) is 5.82 Å². The van der Waals surface area contributed by atoms with Gasteiger partial charge in [-0.15, -0.1) is 0 Å². The fraction of sp³-hybridized carbons (Fsp3) is 0.227. The monoisotopic (exact) mass is 403 g/mol. The fourth-order valence-electron chi connectivity index (χ4n) is 3.60. The molecule has 1 fully saturated rings.